The predicted molar refractivity (Wildman–Crippen MR) is 108 cm³/mol. The molecule has 0 heterocycles. The molecule has 0 fully saturated rings. The molecule has 8 heteroatoms. The number of nitrogens with zero attached hydrogens (tertiary/aromatic N) is 1. The summed E-state index contributed by atoms with van der Waals surface area (Å²) in [7, 11) is 0. The first-order valence-electron chi connectivity index (χ1n) is 9.18. The lowest BCUT2D eigenvalue weighted by molar-refractivity contribution is -0.384. The summed E-state index contributed by atoms with van der Waals surface area (Å²) in [5.41, 5.74) is 0.715. The van der Waals surface area contributed by atoms with Crippen molar-refractivity contribution >= 4 is 17.7 Å². The molecule has 8 nitrogen and oxygen atoms in total. The van der Waals surface area contributed by atoms with Crippen molar-refractivity contribution in [3.63, 3.8) is 0 Å². The Hall–Kier alpha value is -3.42. The number of hydrogen-bond acceptors (Lipinski definition) is 5. The number of benzene rings is 2. The molecule has 0 aliphatic heterocycles. The molecule has 2 aromatic carbocycles. The molecule has 2 aromatic rings. The van der Waals surface area contributed by atoms with Crippen molar-refractivity contribution < 1.29 is 19.2 Å². The number of ether oxygens (including phenoxy) is 1. The van der Waals surface area contributed by atoms with Crippen LogP contribution in [-0.4, -0.2) is 28.6 Å². The Balaban J connectivity index is 2.07. The van der Waals surface area contributed by atoms with Gasteiger partial charge >= 0.3 is 6.09 Å². The van der Waals surface area contributed by atoms with Gasteiger partial charge in [-0.3, -0.25) is 14.9 Å². The molecule has 1 atom stereocenters. The lowest BCUT2D eigenvalue weighted by atomic mass is 10.1. The zero-order valence-electron chi connectivity index (χ0n) is 16.7. The summed E-state index contributed by atoms with van der Waals surface area (Å²) in [4.78, 5) is 35.3. The van der Waals surface area contributed by atoms with E-state index >= 15 is 0 Å². The van der Waals surface area contributed by atoms with E-state index in [0.29, 0.717) is 5.56 Å². The van der Waals surface area contributed by atoms with Gasteiger partial charge < -0.3 is 15.4 Å². The van der Waals surface area contributed by atoms with Crippen LogP contribution in [0.5, 0.6) is 0 Å². The van der Waals surface area contributed by atoms with Crippen LogP contribution in [0.25, 0.3) is 0 Å². The first-order chi connectivity index (χ1) is 13.6. The molecular weight excluding hydrogens is 374 g/mol. The van der Waals surface area contributed by atoms with Crippen LogP contribution in [0.3, 0.4) is 0 Å². The maximum Gasteiger partial charge on any atom is 0.408 e. The van der Waals surface area contributed by atoms with E-state index in [2.05, 4.69) is 10.6 Å². The van der Waals surface area contributed by atoms with Gasteiger partial charge in [-0.25, -0.2) is 4.79 Å². The normalized spacial score (nSPS) is 12.0. The second-order valence-electron chi connectivity index (χ2n) is 7.53. The highest BCUT2D eigenvalue weighted by Gasteiger charge is 2.24. The summed E-state index contributed by atoms with van der Waals surface area (Å²) in [6.45, 7) is 5.31. The summed E-state index contributed by atoms with van der Waals surface area (Å²) in [5, 5.41) is 16.2. The van der Waals surface area contributed by atoms with Gasteiger partial charge in [0.15, 0.2) is 0 Å². The quantitative estimate of drug-likeness (QED) is 0.548. The third-order valence-corrected chi connectivity index (χ3v) is 3.88. The fourth-order valence-corrected chi connectivity index (χ4v) is 2.60. The predicted octanol–water partition coefficient (Wildman–Crippen LogP) is 3.35. The number of amides is 2. The minimum Gasteiger partial charge on any atom is -0.444 e. The molecule has 0 aromatic heterocycles. The van der Waals surface area contributed by atoms with Crippen LogP contribution in [0.15, 0.2) is 54.6 Å². The van der Waals surface area contributed by atoms with Crippen molar-refractivity contribution in [2.75, 3.05) is 0 Å². The van der Waals surface area contributed by atoms with Gasteiger partial charge in [0.2, 0.25) is 5.91 Å². The molecule has 2 amide bonds. The summed E-state index contributed by atoms with van der Waals surface area (Å²) in [6, 6.07) is 14.4. The van der Waals surface area contributed by atoms with Crippen molar-refractivity contribution in [2.24, 2.45) is 0 Å². The molecule has 29 heavy (non-hydrogen) atoms. The fraction of sp³-hybridized carbons (Fsp3) is 0.333. The zero-order chi connectivity index (χ0) is 21.4. The van der Waals surface area contributed by atoms with E-state index in [4.69, 9.17) is 4.74 Å². The van der Waals surface area contributed by atoms with E-state index in [0.717, 1.165) is 5.56 Å². The van der Waals surface area contributed by atoms with Crippen LogP contribution >= 0.6 is 0 Å². The van der Waals surface area contributed by atoms with Gasteiger partial charge in [-0.2, -0.15) is 0 Å². The van der Waals surface area contributed by atoms with E-state index < -0.39 is 28.6 Å². The Morgan fingerprint density at radius 1 is 1.07 bits per heavy atom. The van der Waals surface area contributed by atoms with Crippen molar-refractivity contribution in [1.82, 2.24) is 10.6 Å². The number of nitrogens with one attached hydrogen (secondary N) is 2. The average Bonchev–Trinajstić information content (AvgIpc) is 2.65. The summed E-state index contributed by atoms with van der Waals surface area (Å²) in [5.74, 6) is -0.411. The first kappa shape index (κ1) is 21.9. The number of carbonyl (C=O) groups excluding carboxylic acids is 2. The summed E-state index contributed by atoms with van der Waals surface area (Å²) >= 11 is 0. The highest BCUT2D eigenvalue weighted by Crippen LogP contribution is 2.13. The third-order valence-electron chi connectivity index (χ3n) is 3.88. The minimum atomic E-state index is -0.856. The number of hydrogen-bond donors (Lipinski definition) is 2. The van der Waals surface area contributed by atoms with E-state index in [1.54, 1.807) is 32.9 Å². The second kappa shape index (κ2) is 9.68. The van der Waals surface area contributed by atoms with Crippen LogP contribution in [0, 0.1) is 10.1 Å². The van der Waals surface area contributed by atoms with Gasteiger partial charge in [0, 0.05) is 25.1 Å². The highest BCUT2D eigenvalue weighted by atomic mass is 16.6. The van der Waals surface area contributed by atoms with Crippen LogP contribution in [-0.2, 0) is 22.5 Å². The largest absolute Gasteiger partial charge is 0.444 e. The van der Waals surface area contributed by atoms with Gasteiger partial charge in [0.1, 0.15) is 11.6 Å². The monoisotopic (exact) mass is 399 g/mol. The number of carbonyl (C=O) groups is 2. The number of nitro benzene ring substituents is 1. The lowest BCUT2D eigenvalue weighted by Gasteiger charge is -2.23. The molecular formula is C21H25N3O5. The standard InChI is InChI=1S/C21H25N3O5/c1-21(2,3)29-20(26)23-18(13-15-8-5-4-6-9-15)19(25)22-14-16-10-7-11-17(12-16)24(27)28/h4-12,18H,13-14H2,1-3H3,(H,22,25)(H,23,26). The SMILES string of the molecule is CC(C)(C)OC(=O)NC(Cc1ccccc1)C(=O)NCc1cccc([N+](=O)[O-])c1. The number of rotatable bonds is 7. The minimum absolute atomic E-state index is 0.0514. The molecule has 2 N–H and O–H groups in total. The van der Waals surface area contributed by atoms with Gasteiger partial charge in [0.25, 0.3) is 5.69 Å². The Morgan fingerprint density at radius 3 is 2.34 bits per heavy atom. The lowest BCUT2D eigenvalue weighted by Crippen LogP contribution is -2.49. The number of alkyl carbamates (subject to hydrolysis) is 1. The molecule has 2 rings (SSSR count). The van der Waals surface area contributed by atoms with Crippen LogP contribution < -0.4 is 10.6 Å². The molecule has 0 bridgehead atoms. The highest BCUT2D eigenvalue weighted by molar-refractivity contribution is 5.86. The molecule has 0 saturated heterocycles. The van der Waals surface area contributed by atoms with Crippen molar-refractivity contribution in [1.29, 1.82) is 0 Å². The maximum absolute atomic E-state index is 12.7. The third kappa shape index (κ3) is 7.61. The molecule has 0 spiro atoms. The van der Waals surface area contributed by atoms with Crippen LogP contribution in [0.4, 0.5) is 10.5 Å². The number of nitro groups is 1. The van der Waals surface area contributed by atoms with E-state index in [1.807, 2.05) is 30.3 Å². The van der Waals surface area contributed by atoms with Gasteiger partial charge in [0.05, 0.1) is 4.92 Å². The van der Waals surface area contributed by atoms with Crippen molar-refractivity contribution in [2.45, 2.75) is 45.4 Å². The summed E-state index contributed by atoms with van der Waals surface area (Å²) in [6.07, 6.45) is -0.412. The zero-order valence-corrected chi connectivity index (χ0v) is 16.7. The number of non-ortho nitro benzene ring substituents is 1. The molecule has 154 valence electrons. The average molecular weight is 399 g/mol. The summed E-state index contributed by atoms with van der Waals surface area (Å²) < 4.78 is 5.26. The Morgan fingerprint density at radius 2 is 1.72 bits per heavy atom. The molecule has 0 saturated carbocycles. The van der Waals surface area contributed by atoms with Crippen LogP contribution in [0.2, 0.25) is 0 Å². The van der Waals surface area contributed by atoms with E-state index in [1.165, 1.54) is 12.1 Å². The van der Waals surface area contributed by atoms with Gasteiger partial charge in [-0.05, 0) is 31.9 Å². The molecule has 0 radical (unpaired) electrons. The van der Waals surface area contributed by atoms with Crippen molar-refractivity contribution in [3.8, 4) is 0 Å². The Labute approximate surface area is 169 Å². The topological polar surface area (TPSA) is 111 Å². The smallest absolute Gasteiger partial charge is 0.408 e. The fourth-order valence-electron chi connectivity index (χ4n) is 2.60. The van der Waals surface area contributed by atoms with Gasteiger partial charge in [-0.15, -0.1) is 0 Å². The molecule has 0 aliphatic carbocycles. The molecule has 0 aliphatic rings. The van der Waals surface area contributed by atoms with E-state index in [-0.39, 0.29) is 18.7 Å². The first-order valence-corrected chi connectivity index (χ1v) is 9.18. The molecule has 1 unspecified atom stereocenters. The van der Waals surface area contributed by atoms with E-state index in [9.17, 15) is 19.7 Å². The van der Waals surface area contributed by atoms with Crippen molar-refractivity contribution in [3.05, 3.63) is 75.8 Å². The van der Waals surface area contributed by atoms with Crippen LogP contribution in [0.1, 0.15) is 31.9 Å². The Kier molecular flexibility index (Phi) is 7.30. The Bertz CT molecular complexity index is 862. The second-order valence-corrected chi connectivity index (χ2v) is 7.53. The maximum atomic E-state index is 12.7. The van der Waals surface area contributed by atoms with Gasteiger partial charge in [-0.1, -0.05) is 42.5 Å².